The third kappa shape index (κ3) is 10.4. The van der Waals surface area contributed by atoms with Crippen LogP contribution in [0.3, 0.4) is 0 Å². The molecule has 226 valence electrons. The van der Waals surface area contributed by atoms with E-state index in [2.05, 4.69) is 22.1 Å². The van der Waals surface area contributed by atoms with Gasteiger partial charge in [-0.05, 0) is 37.6 Å². The quantitative estimate of drug-likeness (QED) is 0.152. The van der Waals surface area contributed by atoms with E-state index in [-0.39, 0.29) is 24.1 Å². The Hall–Kier alpha value is -3.01. The maximum atomic E-state index is 11.8. The van der Waals surface area contributed by atoms with Crippen molar-refractivity contribution in [1.82, 2.24) is 4.98 Å². The monoisotopic (exact) mass is 589 g/mol. The second kappa shape index (κ2) is 17.1. The fourth-order valence-corrected chi connectivity index (χ4v) is 4.93. The largest absolute Gasteiger partial charge is 0.490 e. The van der Waals surface area contributed by atoms with Crippen molar-refractivity contribution in [3.63, 3.8) is 0 Å². The van der Waals surface area contributed by atoms with Gasteiger partial charge in [0.15, 0.2) is 0 Å². The Morgan fingerprint density at radius 1 is 1.24 bits per heavy atom. The first kappa shape index (κ1) is 32.5. The summed E-state index contributed by atoms with van der Waals surface area (Å²) in [6, 6.07) is 9.89. The molecule has 0 aliphatic carbocycles. The van der Waals surface area contributed by atoms with Gasteiger partial charge in [-0.25, -0.2) is 9.78 Å². The molecule has 2 heterocycles. The second-order valence-electron chi connectivity index (χ2n) is 10.2. The molecule has 3 rings (SSSR count). The van der Waals surface area contributed by atoms with E-state index in [9.17, 15) is 4.79 Å². The third-order valence-corrected chi connectivity index (χ3v) is 7.36. The van der Waals surface area contributed by atoms with Crippen molar-refractivity contribution in [2.45, 2.75) is 45.8 Å². The van der Waals surface area contributed by atoms with Crippen LogP contribution in [0.1, 0.15) is 33.6 Å². The van der Waals surface area contributed by atoms with Crippen LogP contribution >= 0.6 is 11.6 Å². The van der Waals surface area contributed by atoms with Crippen molar-refractivity contribution in [3.8, 4) is 11.6 Å². The van der Waals surface area contributed by atoms with Gasteiger partial charge in [-0.2, -0.15) is 0 Å². The summed E-state index contributed by atoms with van der Waals surface area (Å²) in [7, 11) is 3.28. The van der Waals surface area contributed by atoms with Crippen LogP contribution < -0.4 is 19.7 Å². The van der Waals surface area contributed by atoms with Crippen LogP contribution in [-0.4, -0.2) is 76.8 Å². The summed E-state index contributed by atoms with van der Waals surface area (Å²) in [5.41, 5.74) is 1.90. The number of halogens is 1. The van der Waals surface area contributed by atoms with Gasteiger partial charge in [0.1, 0.15) is 11.9 Å². The van der Waals surface area contributed by atoms with Gasteiger partial charge in [0.05, 0.1) is 36.7 Å². The molecule has 1 N–H and O–H groups in total. The van der Waals surface area contributed by atoms with E-state index < -0.39 is 0 Å². The van der Waals surface area contributed by atoms with Crippen LogP contribution in [-0.2, 0) is 19.0 Å². The molecule has 1 saturated heterocycles. The fraction of sp³-hybridized carbons (Fsp3) is 0.548. The lowest BCUT2D eigenvalue weighted by atomic mass is 9.96. The normalized spacial score (nSPS) is 18.6. The molecule has 1 aromatic carbocycles. The Balaban J connectivity index is 1.53. The van der Waals surface area contributed by atoms with Gasteiger partial charge in [0.25, 0.3) is 0 Å². The average molecular weight is 590 g/mol. The Morgan fingerprint density at radius 2 is 2.02 bits per heavy atom. The minimum absolute atomic E-state index is 0.00697. The van der Waals surface area contributed by atoms with E-state index in [4.69, 9.17) is 35.3 Å². The van der Waals surface area contributed by atoms with E-state index in [0.29, 0.717) is 43.2 Å². The van der Waals surface area contributed by atoms with E-state index in [1.54, 1.807) is 27.3 Å². The molecule has 1 aromatic heterocycles. The van der Waals surface area contributed by atoms with Gasteiger partial charge in [0.2, 0.25) is 5.88 Å². The number of piperidine rings is 1. The number of nitrogens with one attached hydrogen (secondary N) is 1. The van der Waals surface area contributed by atoms with Gasteiger partial charge in [-0.1, -0.05) is 31.5 Å². The molecule has 1 fully saturated rings. The highest BCUT2D eigenvalue weighted by molar-refractivity contribution is 6.33. The number of benzene rings is 1. The summed E-state index contributed by atoms with van der Waals surface area (Å²) in [5.74, 6) is 1.35. The first-order valence-corrected chi connectivity index (χ1v) is 14.6. The number of hydrogen-bond donors (Lipinski definition) is 1. The number of rotatable bonds is 16. The van der Waals surface area contributed by atoms with Crippen molar-refractivity contribution in [1.29, 1.82) is 0 Å². The zero-order valence-corrected chi connectivity index (χ0v) is 25.6. The molecule has 0 unspecified atom stereocenters. The number of anilines is 2. The molecular formula is C31H44ClN3O6. The van der Waals surface area contributed by atoms with Gasteiger partial charge < -0.3 is 33.9 Å². The summed E-state index contributed by atoms with van der Waals surface area (Å²) in [4.78, 5) is 18.2. The van der Waals surface area contributed by atoms with Crippen molar-refractivity contribution in [2.24, 2.45) is 11.8 Å². The molecule has 9 nitrogen and oxygen atoms in total. The minimum atomic E-state index is -0.345. The fourth-order valence-electron chi connectivity index (χ4n) is 4.71. The van der Waals surface area contributed by atoms with Crippen molar-refractivity contribution in [3.05, 3.63) is 53.7 Å². The SMILES string of the molecule is CCOC(=O)C=C[C@H](C)[C@H](CNc1ccc(O[C@@H]2CCN(c3cc(OC)ncc3Cl)C[C@H]2C)cc1)OCCCOC. The molecule has 0 amide bonds. The van der Waals surface area contributed by atoms with Crippen molar-refractivity contribution in [2.75, 3.05) is 63.9 Å². The van der Waals surface area contributed by atoms with Gasteiger partial charge >= 0.3 is 5.97 Å². The molecule has 41 heavy (non-hydrogen) atoms. The summed E-state index contributed by atoms with van der Waals surface area (Å²) in [6.45, 7) is 9.81. The smallest absolute Gasteiger partial charge is 0.330 e. The maximum Gasteiger partial charge on any atom is 0.330 e. The second-order valence-corrected chi connectivity index (χ2v) is 10.6. The van der Waals surface area contributed by atoms with Gasteiger partial charge in [-0.3, -0.25) is 0 Å². The van der Waals surface area contributed by atoms with Gasteiger partial charge in [-0.15, -0.1) is 0 Å². The molecule has 0 bridgehead atoms. The van der Waals surface area contributed by atoms with Crippen LogP contribution in [0.2, 0.25) is 5.02 Å². The maximum absolute atomic E-state index is 11.8. The predicted molar refractivity (Wildman–Crippen MR) is 162 cm³/mol. The standard InChI is InChI=1S/C31H44ClN3O6/c1-6-39-31(36)13-8-22(2)29(40-17-7-16-37-4)20-33-24-9-11-25(12-10-24)41-28-14-15-35(21-23(28)3)27-18-30(38-5)34-19-26(27)32/h8-13,18-19,22-23,28-29,33H,6-7,14-17,20-21H2,1-5H3/t22-,23+,28+,29-/m0/s1. The topological polar surface area (TPSA) is 91.4 Å². The zero-order valence-electron chi connectivity index (χ0n) is 24.8. The van der Waals surface area contributed by atoms with Crippen LogP contribution in [0.5, 0.6) is 11.6 Å². The lowest BCUT2D eigenvalue weighted by Crippen LogP contribution is -2.44. The molecule has 2 aromatic rings. The molecule has 1 aliphatic rings. The number of carbonyl (C=O) groups excluding carboxylic acids is 1. The number of aromatic nitrogens is 1. The highest BCUT2D eigenvalue weighted by Gasteiger charge is 2.29. The van der Waals surface area contributed by atoms with Crippen molar-refractivity contribution >= 4 is 28.9 Å². The van der Waals surface area contributed by atoms with E-state index in [1.165, 1.54) is 6.08 Å². The lowest BCUT2D eigenvalue weighted by Gasteiger charge is -2.38. The van der Waals surface area contributed by atoms with Crippen LogP contribution in [0.25, 0.3) is 0 Å². The summed E-state index contributed by atoms with van der Waals surface area (Å²) in [5, 5.41) is 4.08. The molecule has 0 spiro atoms. The lowest BCUT2D eigenvalue weighted by molar-refractivity contribution is -0.137. The number of nitrogens with zero attached hydrogens (tertiary/aromatic N) is 2. The Bertz CT molecular complexity index is 1100. The molecule has 4 atom stereocenters. The molecule has 1 aliphatic heterocycles. The Morgan fingerprint density at radius 3 is 2.71 bits per heavy atom. The Kier molecular flexibility index (Phi) is 13.5. The molecule has 0 radical (unpaired) electrons. The van der Waals surface area contributed by atoms with E-state index in [1.807, 2.05) is 43.3 Å². The van der Waals surface area contributed by atoms with Crippen LogP contribution in [0.4, 0.5) is 11.4 Å². The third-order valence-electron chi connectivity index (χ3n) is 7.07. The van der Waals surface area contributed by atoms with Crippen LogP contribution in [0, 0.1) is 11.8 Å². The number of carbonyl (C=O) groups is 1. The summed E-state index contributed by atoms with van der Waals surface area (Å²) >= 11 is 6.42. The first-order chi connectivity index (χ1) is 19.8. The average Bonchev–Trinajstić information content (AvgIpc) is 2.97. The molecule has 10 heteroatoms. The Labute approximate surface area is 249 Å². The minimum Gasteiger partial charge on any atom is -0.490 e. The van der Waals surface area contributed by atoms with E-state index >= 15 is 0 Å². The van der Waals surface area contributed by atoms with Crippen molar-refractivity contribution < 1.29 is 28.5 Å². The number of methoxy groups -OCH3 is 2. The predicted octanol–water partition coefficient (Wildman–Crippen LogP) is 5.63. The number of ether oxygens (including phenoxy) is 5. The zero-order chi connectivity index (χ0) is 29.6. The highest BCUT2D eigenvalue weighted by atomic mass is 35.5. The van der Waals surface area contributed by atoms with Gasteiger partial charge in [0, 0.05) is 76.0 Å². The summed E-state index contributed by atoms with van der Waals surface area (Å²) in [6.07, 6.45) is 6.59. The first-order valence-electron chi connectivity index (χ1n) is 14.2. The summed E-state index contributed by atoms with van der Waals surface area (Å²) < 4.78 is 27.9. The molecular weight excluding hydrogens is 546 g/mol. The number of pyridine rings is 1. The number of hydrogen-bond acceptors (Lipinski definition) is 9. The molecule has 0 saturated carbocycles. The van der Waals surface area contributed by atoms with E-state index in [0.717, 1.165) is 43.1 Å². The highest BCUT2D eigenvalue weighted by Crippen LogP contribution is 2.33. The number of esters is 1. The van der Waals surface area contributed by atoms with Crippen LogP contribution in [0.15, 0.2) is 48.7 Å².